The highest BCUT2D eigenvalue weighted by Crippen LogP contribution is 2.20. The Morgan fingerprint density at radius 1 is 1.07 bits per heavy atom. The van der Waals surface area contributed by atoms with Crippen molar-refractivity contribution in [3.8, 4) is 11.3 Å². The van der Waals surface area contributed by atoms with Crippen molar-refractivity contribution in [2.45, 2.75) is 0 Å². The van der Waals surface area contributed by atoms with Gasteiger partial charge in [0.05, 0.1) is 5.69 Å². The molecule has 1 heterocycles. The van der Waals surface area contributed by atoms with Gasteiger partial charge in [-0.1, -0.05) is 12.1 Å². The van der Waals surface area contributed by atoms with Crippen LogP contribution in [0, 0.1) is 9.39 Å². The molecule has 1 nitrogen and oxygen atoms in total. The number of aromatic nitrogens is 1. The number of nitrogens with zero attached hydrogens (tertiary/aromatic N) is 1. The van der Waals surface area contributed by atoms with E-state index in [4.69, 9.17) is 0 Å². The van der Waals surface area contributed by atoms with E-state index >= 15 is 0 Å². The predicted molar refractivity (Wildman–Crippen MR) is 62.3 cm³/mol. The Morgan fingerprint density at radius 2 is 1.86 bits per heavy atom. The first-order chi connectivity index (χ1) is 6.77. The Bertz CT molecular complexity index is 439. The highest BCUT2D eigenvalue weighted by atomic mass is 127. The Labute approximate surface area is 95.1 Å². The van der Waals surface area contributed by atoms with Gasteiger partial charge < -0.3 is 0 Å². The molecule has 0 radical (unpaired) electrons. The van der Waals surface area contributed by atoms with Gasteiger partial charge in [-0.15, -0.1) is 0 Å². The smallest absolute Gasteiger partial charge is 0.132 e. The molecule has 0 saturated carbocycles. The minimum Gasteiger partial charge on any atom is -0.255 e. The molecular formula is C11H7FIN. The van der Waals surface area contributed by atoms with Gasteiger partial charge in [0.1, 0.15) is 5.82 Å². The molecule has 0 unspecified atom stereocenters. The molecule has 0 atom stereocenters. The maximum Gasteiger partial charge on any atom is 0.132 e. The monoisotopic (exact) mass is 299 g/mol. The van der Waals surface area contributed by atoms with E-state index in [0.717, 1.165) is 3.57 Å². The highest BCUT2D eigenvalue weighted by molar-refractivity contribution is 14.1. The third-order valence-electron chi connectivity index (χ3n) is 1.88. The maximum atomic E-state index is 13.3. The van der Waals surface area contributed by atoms with Crippen LogP contribution in [0.5, 0.6) is 0 Å². The molecule has 2 rings (SSSR count). The fourth-order valence-corrected chi connectivity index (χ4v) is 1.52. The number of pyridine rings is 1. The summed E-state index contributed by atoms with van der Waals surface area (Å²) < 4.78 is 14.4. The van der Waals surface area contributed by atoms with Crippen LogP contribution in [0.15, 0.2) is 42.6 Å². The van der Waals surface area contributed by atoms with Crippen molar-refractivity contribution in [3.63, 3.8) is 0 Å². The zero-order valence-corrected chi connectivity index (χ0v) is 9.40. The predicted octanol–water partition coefficient (Wildman–Crippen LogP) is 3.49. The zero-order valence-electron chi connectivity index (χ0n) is 7.24. The van der Waals surface area contributed by atoms with Gasteiger partial charge in [-0.2, -0.15) is 0 Å². The van der Waals surface area contributed by atoms with Gasteiger partial charge in [0.25, 0.3) is 0 Å². The summed E-state index contributed by atoms with van der Waals surface area (Å²) in [5.41, 5.74) is 1.22. The van der Waals surface area contributed by atoms with E-state index in [1.807, 2.05) is 12.1 Å². The largest absolute Gasteiger partial charge is 0.255 e. The fraction of sp³-hybridized carbons (Fsp3) is 0. The normalized spacial score (nSPS) is 10.1. The summed E-state index contributed by atoms with van der Waals surface area (Å²) in [4.78, 5) is 4.16. The fourth-order valence-electron chi connectivity index (χ4n) is 1.20. The van der Waals surface area contributed by atoms with Crippen LogP contribution in [0.1, 0.15) is 0 Å². The second-order valence-corrected chi connectivity index (χ2v) is 4.09. The summed E-state index contributed by atoms with van der Waals surface area (Å²) in [7, 11) is 0. The molecule has 3 heteroatoms. The molecular weight excluding hydrogens is 292 g/mol. The van der Waals surface area contributed by atoms with Gasteiger partial charge >= 0.3 is 0 Å². The summed E-state index contributed by atoms with van der Waals surface area (Å²) in [5.74, 6) is -0.235. The summed E-state index contributed by atoms with van der Waals surface area (Å²) in [6, 6.07) is 10.4. The third-order valence-corrected chi connectivity index (χ3v) is 2.52. The molecule has 0 aliphatic heterocycles. The van der Waals surface area contributed by atoms with Crippen LogP contribution in [0.2, 0.25) is 0 Å². The first-order valence-electron chi connectivity index (χ1n) is 4.14. The Morgan fingerprint density at radius 3 is 2.50 bits per heavy atom. The van der Waals surface area contributed by atoms with Gasteiger partial charge in [0.15, 0.2) is 0 Å². The Kier molecular flexibility index (Phi) is 2.77. The minimum absolute atomic E-state index is 0.235. The Hall–Kier alpha value is -0.970. The van der Waals surface area contributed by atoms with Crippen LogP contribution in [0.4, 0.5) is 4.39 Å². The van der Waals surface area contributed by atoms with Gasteiger partial charge in [-0.3, -0.25) is 4.98 Å². The van der Waals surface area contributed by atoms with Crippen LogP contribution in [-0.2, 0) is 0 Å². The third kappa shape index (κ3) is 1.92. The zero-order chi connectivity index (χ0) is 9.97. The molecule has 1 aromatic heterocycles. The van der Waals surface area contributed by atoms with Crippen molar-refractivity contribution < 1.29 is 4.39 Å². The lowest BCUT2D eigenvalue weighted by atomic mass is 10.1. The van der Waals surface area contributed by atoms with E-state index in [2.05, 4.69) is 27.6 Å². The number of rotatable bonds is 1. The lowest BCUT2D eigenvalue weighted by Gasteiger charge is -2.01. The minimum atomic E-state index is -0.235. The molecule has 2 aromatic rings. The average molecular weight is 299 g/mol. The van der Waals surface area contributed by atoms with E-state index in [-0.39, 0.29) is 5.82 Å². The quantitative estimate of drug-likeness (QED) is 0.735. The molecule has 0 amide bonds. The first kappa shape index (κ1) is 9.58. The van der Waals surface area contributed by atoms with Crippen molar-refractivity contribution in [2.75, 3.05) is 0 Å². The average Bonchev–Trinajstić information content (AvgIpc) is 2.20. The van der Waals surface area contributed by atoms with E-state index in [1.165, 1.54) is 6.07 Å². The first-order valence-corrected chi connectivity index (χ1v) is 5.22. The lowest BCUT2D eigenvalue weighted by Crippen LogP contribution is -1.87. The second kappa shape index (κ2) is 4.04. The molecule has 0 fully saturated rings. The molecule has 0 aliphatic carbocycles. The van der Waals surface area contributed by atoms with Crippen molar-refractivity contribution in [1.82, 2.24) is 4.98 Å². The standard InChI is InChI=1S/C11H7FIN/c12-10-4-2-1-3-9(10)11-6-5-8(13)7-14-11/h1-7H. The van der Waals surface area contributed by atoms with Crippen molar-refractivity contribution in [1.29, 1.82) is 0 Å². The summed E-state index contributed by atoms with van der Waals surface area (Å²) in [5, 5.41) is 0. The van der Waals surface area contributed by atoms with E-state index < -0.39 is 0 Å². The molecule has 0 bridgehead atoms. The van der Waals surface area contributed by atoms with E-state index in [9.17, 15) is 4.39 Å². The number of halogens is 2. The topological polar surface area (TPSA) is 12.9 Å². The van der Waals surface area contributed by atoms with Crippen LogP contribution in [0.3, 0.4) is 0 Å². The molecule has 14 heavy (non-hydrogen) atoms. The summed E-state index contributed by atoms with van der Waals surface area (Å²) in [6.07, 6.45) is 1.72. The van der Waals surface area contributed by atoms with Gasteiger partial charge in [0.2, 0.25) is 0 Å². The van der Waals surface area contributed by atoms with E-state index in [1.54, 1.807) is 24.4 Å². The molecule has 70 valence electrons. The second-order valence-electron chi connectivity index (χ2n) is 2.84. The van der Waals surface area contributed by atoms with Crippen LogP contribution >= 0.6 is 22.6 Å². The van der Waals surface area contributed by atoms with Gasteiger partial charge in [-0.25, -0.2) is 4.39 Å². The summed E-state index contributed by atoms with van der Waals surface area (Å²) in [6.45, 7) is 0. The van der Waals surface area contributed by atoms with Crippen molar-refractivity contribution >= 4 is 22.6 Å². The maximum absolute atomic E-state index is 13.3. The number of hydrogen-bond acceptors (Lipinski definition) is 1. The van der Waals surface area contributed by atoms with Crippen molar-refractivity contribution in [3.05, 3.63) is 52.0 Å². The SMILES string of the molecule is Fc1ccccc1-c1ccc(I)cn1. The molecule has 0 saturated heterocycles. The highest BCUT2D eigenvalue weighted by Gasteiger charge is 2.03. The summed E-state index contributed by atoms with van der Waals surface area (Å²) >= 11 is 2.17. The number of benzene rings is 1. The van der Waals surface area contributed by atoms with E-state index in [0.29, 0.717) is 11.3 Å². The van der Waals surface area contributed by atoms with Crippen LogP contribution < -0.4 is 0 Å². The molecule has 1 aromatic carbocycles. The number of hydrogen-bond donors (Lipinski definition) is 0. The molecule has 0 spiro atoms. The lowest BCUT2D eigenvalue weighted by molar-refractivity contribution is 0.630. The van der Waals surface area contributed by atoms with Crippen LogP contribution in [0.25, 0.3) is 11.3 Å². The van der Waals surface area contributed by atoms with Crippen molar-refractivity contribution in [2.24, 2.45) is 0 Å². The van der Waals surface area contributed by atoms with Gasteiger partial charge in [0, 0.05) is 15.3 Å². The molecule has 0 N–H and O–H groups in total. The van der Waals surface area contributed by atoms with Crippen LogP contribution in [-0.4, -0.2) is 4.98 Å². The van der Waals surface area contributed by atoms with Gasteiger partial charge in [-0.05, 0) is 46.9 Å². The Balaban J connectivity index is 2.50. The molecule has 0 aliphatic rings.